The molecule has 0 atom stereocenters. The third-order valence-electron chi connectivity index (χ3n) is 1.89. The average Bonchev–Trinajstić information content (AvgIpc) is 2.59. The summed E-state index contributed by atoms with van der Waals surface area (Å²) in [5.74, 6) is 0.392. The van der Waals surface area contributed by atoms with Crippen LogP contribution in [-0.2, 0) is 11.3 Å². The Morgan fingerprint density at radius 2 is 2.29 bits per heavy atom. The number of anilines is 1. The lowest BCUT2D eigenvalue weighted by Gasteiger charge is -2.13. The molecule has 0 unspecified atom stereocenters. The van der Waals surface area contributed by atoms with Crippen molar-refractivity contribution in [2.75, 3.05) is 19.0 Å². The molecule has 0 aliphatic rings. The van der Waals surface area contributed by atoms with Crippen molar-refractivity contribution in [3.8, 4) is 0 Å². The number of nitrogens with zero attached hydrogens (tertiary/aromatic N) is 3. The molecule has 6 heteroatoms. The first kappa shape index (κ1) is 13.5. The normalized spacial score (nSPS) is 12.8. The van der Waals surface area contributed by atoms with Gasteiger partial charge in [-0.05, 0) is 20.8 Å². The van der Waals surface area contributed by atoms with E-state index in [1.54, 1.807) is 18.0 Å². The van der Waals surface area contributed by atoms with Crippen LogP contribution in [0.4, 0.5) is 5.69 Å². The molecule has 17 heavy (non-hydrogen) atoms. The van der Waals surface area contributed by atoms with Crippen molar-refractivity contribution in [3.63, 3.8) is 0 Å². The molecule has 1 heterocycles. The van der Waals surface area contributed by atoms with Crippen molar-refractivity contribution < 1.29 is 4.74 Å². The molecule has 6 nitrogen and oxygen atoms in total. The Morgan fingerprint density at radius 1 is 1.59 bits per heavy atom. The molecule has 0 aliphatic carbocycles. The van der Waals surface area contributed by atoms with Gasteiger partial charge in [0.05, 0.1) is 30.6 Å². The van der Waals surface area contributed by atoms with Gasteiger partial charge in [0.25, 0.3) is 0 Å². The Kier molecular flexibility index (Phi) is 4.51. The fraction of sp³-hybridized carbons (Fsp3) is 0.636. The van der Waals surface area contributed by atoms with E-state index in [4.69, 9.17) is 10.5 Å². The molecule has 0 fully saturated rings. The second-order valence-corrected chi connectivity index (χ2v) is 4.78. The van der Waals surface area contributed by atoms with Gasteiger partial charge in [0.2, 0.25) is 0 Å². The van der Waals surface area contributed by atoms with Crippen molar-refractivity contribution in [2.45, 2.75) is 32.9 Å². The van der Waals surface area contributed by atoms with Crippen LogP contribution in [0.3, 0.4) is 0 Å². The highest BCUT2D eigenvalue weighted by Gasteiger charge is 2.08. The molecule has 0 aliphatic heterocycles. The Labute approximate surface area is 102 Å². The number of methoxy groups -OCH3 is 1. The lowest BCUT2D eigenvalue weighted by Crippen LogP contribution is -2.27. The number of guanidine groups is 1. The summed E-state index contributed by atoms with van der Waals surface area (Å²) in [4.78, 5) is 4.30. The standard InChI is InChI=1S/C11H21N5O/c1-11(2,3)15-10(12)14-9-7-13-16(8-9)5-6-17-4/h7-8H,5-6H2,1-4H3,(H3,12,14,15). The monoisotopic (exact) mass is 239 g/mol. The van der Waals surface area contributed by atoms with Gasteiger partial charge in [-0.25, -0.2) is 4.99 Å². The van der Waals surface area contributed by atoms with E-state index in [1.165, 1.54) is 0 Å². The molecule has 1 aromatic heterocycles. The maximum Gasteiger partial charge on any atom is 0.193 e. The highest BCUT2D eigenvalue weighted by Crippen LogP contribution is 2.08. The highest BCUT2D eigenvalue weighted by molar-refractivity contribution is 5.92. The van der Waals surface area contributed by atoms with Crippen molar-refractivity contribution in [2.24, 2.45) is 10.7 Å². The number of aromatic nitrogens is 2. The lowest BCUT2D eigenvalue weighted by atomic mass is 10.1. The Balaban J connectivity index is 2.57. The Hall–Kier alpha value is -1.56. The van der Waals surface area contributed by atoms with Crippen molar-refractivity contribution in [3.05, 3.63) is 12.4 Å². The van der Waals surface area contributed by atoms with Crippen LogP contribution in [0.5, 0.6) is 0 Å². The summed E-state index contributed by atoms with van der Waals surface area (Å²) in [6.07, 6.45) is 3.57. The van der Waals surface area contributed by atoms with Crippen molar-refractivity contribution in [1.29, 1.82) is 0 Å². The maximum absolute atomic E-state index is 5.78. The second kappa shape index (κ2) is 5.67. The summed E-state index contributed by atoms with van der Waals surface area (Å²) in [5, 5.41) is 7.17. The zero-order valence-corrected chi connectivity index (χ0v) is 10.9. The number of hydrogen-bond acceptors (Lipinski definition) is 3. The third kappa shape index (κ3) is 5.35. The number of aliphatic imine (C=N–C) groups is 1. The summed E-state index contributed by atoms with van der Waals surface area (Å²) >= 11 is 0. The van der Waals surface area contributed by atoms with Crippen LogP contribution in [0.15, 0.2) is 17.4 Å². The fourth-order valence-corrected chi connectivity index (χ4v) is 1.27. The SMILES string of the molecule is COCCn1cc(NC(N)=NC(C)(C)C)cn1. The summed E-state index contributed by atoms with van der Waals surface area (Å²) in [7, 11) is 1.66. The average molecular weight is 239 g/mol. The highest BCUT2D eigenvalue weighted by atomic mass is 16.5. The molecular formula is C11H21N5O. The van der Waals surface area contributed by atoms with Gasteiger partial charge in [0.1, 0.15) is 0 Å². The summed E-state index contributed by atoms with van der Waals surface area (Å²) < 4.78 is 6.76. The smallest absolute Gasteiger partial charge is 0.193 e. The molecule has 0 saturated heterocycles. The number of ether oxygens (including phenoxy) is 1. The minimum absolute atomic E-state index is 0.191. The molecular weight excluding hydrogens is 218 g/mol. The van der Waals surface area contributed by atoms with E-state index in [9.17, 15) is 0 Å². The number of rotatable bonds is 4. The summed E-state index contributed by atoms with van der Waals surface area (Å²) in [6, 6.07) is 0. The lowest BCUT2D eigenvalue weighted by molar-refractivity contribution is 0.183. The number of hydrogen-bond donors (Lipinski definition) is 2. The molecule has 1 aromatic rings. The first-order valence-corrected chi connectivity index (χ1v) is 5.54. The van der Waals surface area contributed by atoms with E-state index in [0.717, 1.165) is 5.69 Å². The molecule has 0 radical (unpaired) electrons. The van der Waals surface area contributed by atoms with Crippen LogP contribution in [0, 0.1) is 0 Å². The molecule has 0 spiro atoms. The van der Waals surface area contributed by atoms with Gasteiger partial charge in [-0.15, -0.1) is 0 Å². The number of nitrogens with two attached hydrogens (primary N) is 1. The Morgan fingerprint density at radius 3 is 2.88 bits per heavy atom. The van der Waals surface area contributed by atoms with Crippen molar-refractivity contribution >= 4 is 11.6 Å². The first-order chi connectivity index (χ1) is 7.90. The maximum atomic E-state index is 5.78. The largest absolute Gasteiger partial charge is 0.383 e. The summed E-state index contributed by atoms with van der Waals surface area (Å²) in [6.45, 7) is 7.32. The van der Waals surface area contributed by atoms with Gasteiger partial charge in [-0.3, -0.25) is 4.68 Å². The second-order valence-electron chi connectivity index (χ2n) is 4.78. The molecule has 0 amide bonds. The minimum atomic E-state index is -0.191. The van der Waals surface area contributed by atoms with Gasteiger partial charge in [-0.1, -0.05) is 0 Å². The van der Waals surface area contributed by atoms with Crippen LogP contribution in [0.25, 0.3) is 0 Å². The molecule has 96 valence electrons. The van der Waals surface area contributed by atoms with E-state index >= 15 is 0 Å². The first-order valence-electron chi connectivity index (χ1n) is 5.54. The number of nitrogens with one attached hydrogen (secondary N) is 1. The van der Waals surface area contributed by atoms with Crippen LogP contribution in [-0.4, -0.2) is 35.0 Å². The predicted octanol–water partition coefficient (Wildman–Crippen LogP) is 1.05. The van der Waals surface area contributed by atoms with Crippen LogP contribution >= 0.6 is 0 Å². The summed E-state index contributed by atoms with van der Waals surface area (Å²) in [5.41, 5.74) is 6.41. The molecule has 0 saturated carbocycles. The van der Waals surface area contributed by atoms with Crippen LogP contribution in [0.1, 0.15) is 20.8 Å². The quantitative estimate of drug-likeness (QED) is 0.608. The van der Waals surface area contributed by atoms with Crippen LogP contribution < -0.4 is 11.1 Å². The molecule has 3 N–H and O–H groups in total. The molecule has 0 aromatic carbocycles. The molecule has 0 bridgehead atoms. The van der Waals surface area contributed by atoms with E-state index in [-0.39, 0.29) is 5.54 Å². The zero-order valence-electron chi connectivity index (χ0n) is 10.9. The van der Waals surface area contributed by atoms with E-state index in [2.05, 4.69) is 15.4 Å². The third-order valence-corrected chi connectivity index (χ3v) is 1.89. The van der Waals surface area contributed by atoms with E-state index < -0.39 is 0 Å². The van der Waals surface area contributed by atoms with Gasteiger partial charge < -0.3 is 15.8 Å². The topological polar surface area (TPSA) is 77.5 Å². The van der Waals surface area contributed by atoms with Crippen LogP contribution in [0.2, 0.25) is 0 Å². The van der Waals surface area contributed by atoms with E-state index in [0.29, 0.717) is 19.1 Å². The zero-order chi connectivity index (χ0) is 12.9. The fourth-order valence-electron chi connectivity index (χ4n) is 1.27. The minimum Gasteiger partial charge on any atom is -0.383 e. The van der Waals surface area contributed by atoms with Gasteiger partial charge in [0, 0.05) is 13.3 Å². The van der Waals surface area contributed by atoms with E-state index in [1.807, 2.05) is 27.0 Å². The van der Waals surface area contributed by atoms with Crippen molar-refractivity contribution in [1.82, 2.24) is 9.78 Å². The van der Waals surface area contributed by atoms with Gasteiger partial charge in [-0.2, -0.15) is 5.10 Å². The van der Waals surface area contributed by atoms with Gasteiger partial charge in [0.15, 0.2) is 5.96 Å². The van der Waals surface area contributed by atoms with Gasteiger partial charge >= 0.3 is 0 Å². The molecule has 1 rings (SSSR count). The predicted molar refractivity (Wildman–Crippen MR) is 69.1 cm³/mol. The Bertz CT molecular complexity index is 377.